The number of fused-ring (bicyclic) bond motifs is 1. The zero-order valence-corrected chi connectivity index (χ0v) is 16.5. The second kappa shape index (κ2) is 8.20. The zero-order chi connectivity index (χ0) is 19.5. The maximum absolute atomic E-state index is 12.6. The molecule has 28 heavy (non-hydrogen) atoms. The number of carbonyl (C=O) groups is 1. The van der Waals surface area contributed by atoms with Crippen molar-refractivity contribution in [2.24, 2.45) is 0 Å². The molecule has 7 heteroatoms. The van der Waals surface area contributed by atoms with Crippen molar-refractivity contribution >= 4 is 34.6 Å². The first-order valence-electron chi connectivity index (χ1n) is 9.43. The maximum atomic E-state index is 12.6. The molecule has 2 aromatic carbocycles. The Kier molecular flexibility index (Phi) is 5.50. The molecule has 6 nitrogen and oxygen atoms in total. The van der Waals surface area contributed by atoms with Gasteiger partial charge in [0.15, 0.2) is 0 Å². The standard InChI is InChI=1S/C21H23ClN4O2/c1-28-20(27)19(15-7-2-3-8-16(15)22)25-11-6-12-26(14-13-25)21-23-17-9-4-5-10-18(17)24-21/h2-5,7-10,19H,6,11-14H2,1H3,(H,23,24). The Morgan fingerprint density at radius 3 is 2.68 bits per heavy atom. The Bertz CT molecular complexity index is 941. The number of ether oxygens (including phenoxy) is 1. The Balaban J connectivity index is 1.56. The Morgan fingerprint density at radius 2 is 1.89 bits per heavy atom. The minimum Gasteiger partial charge on any atom is -0.468 e. The van der Waals surface area contributed by atoms with Crippen LogP contribution in [0.2, 0.25) is 5.02 Å². The van der Waals surface area contributed by atoms with Crippen molar-refractivity contribution in [3.63, 3.8) is 0 Å². The fraction of sp³-hybridized carbons (Fsp3) is 0.333. The lowest BCUT2D eigenvalue weighted by Gasteiger charge is -2.29. The van der Waals surface area contributed by atoms with E-state index in [0.717, 1.165) is 48.6 Å². The molecule has 1 saturated heterocycles. The third kappa shape index (κ3) is 3.70. The number of methoxy groups -OCH3 is 1. The lowest BCUT2D eigenvalue weighted by Crippen LogP contribution is -2.38. The van der Waals surface area contributed by atoms with E-state index >= 15 is 0 Å². The number of para-hydroxylation sites is 2. The van der Waals surface area contributed by atoms with E-state index in [2.05, 4.69) is 14.8 Å². The number of benzene rings is 2. The number of esters is 1. The SMILES string of the molecule is COC(=O)C(c1ccccc1Cl)N1CCCN(c2nc3ccccc3[nH]2)CC1. The normalized spacial score (nSPS) is 16.7. The van der Waals surface area contributed by atoms with Gasteiger partial charge in [-0.3, -0.25) is 4.90 Å². The summed E-state index contributed by atoms with van der Waals surface area (Å²) in [6, 6.07) is 15.0. The monoisotopic (exact) mass is 398 g/mol. The summed E-state index contributed by atoms with van der Waals surface area (Å²) in [5, 5.41) is 0.580. The summed E-state index contributed by atoms with van der Waals surface area (Å²) in [4.78, 5) is 25.1. The van der Waals surface area contributed by atoms with Gasteiger partial charge in [-0.15, -0.1) is 0 Å². The summed E-state index contributed by atoms with van der Waals surface area (Å²) in [7, 11) is 1.42. The summed E-state index contributed by atoms with van der Waals surface area (Å²) >= 11 is 6.39. The van der Waals surface area contributed by atoms with E-state index in [1.807, 2.05) is 48.5 Å². The summed E-state index contributed by atoms with van der Waals surface area (Å²) in [6.07, 6.45) is 0.912. The van der Waals surface area contributed by atoms with E-state index in [1.54, 1.807) is 0 Å². The van der Waals surface area contributed by atoms with Gasteiger partial charge in [0.1, 0.15) is 6.04 Å². The van der Waals surface area contributed by atoms with Crippen LogP contribution in [-0.4, -0.2) is 54.1 Å². The van der Waals surface area contributed by atoms with E-state index in [4.69, 9.17) is 21.3 Å². The van der Waals surface area contributed by atoms with Gasteiger partial charge in [-0.25, -0.2) is 9.78 Å². The maximum Gasteiger partial charge on any atom is 0.327 e. The van der Waals surface area contributed by atoms with Crippen LogP contribution < -0.4 is 4.90 Å². The largest absolute Gasteiger partial charge is 0.468 e. The number of hydrogen-bond donors (Lipinski definition) is 1. The molecule has 1 aromatic heterocycles. The number of nitrogens with one attached hydrogen (secondary N) is 1. The number of H-pyrrole nitrogens is 1. The summed E-state index contributed by atoms with van der Waals surface area (Å²) in [5.41, 5.74) is 2.78. The number of carbonyl (C=O) groups excluding carboxylic acids is 1. The topological polar surface area (TPSA) is 61.5 Å². The van der Waals surface area contributed by atoms with Gasteiger partial charge in [0.2, 0.25) is 5.95 Å². The molecule has 0 amide bonds. The van der Waals surface area contributed by atoms with Crippen LogP contribution in [0.3, 0.4) is 0 Å². The van der Waals surface area contributed by atoms with E-state index in [0.29, 0.717) is 11.6 Å². The Labute approximate surface area is 169 Å². The van der Waals surface area contributed by atoms with Crippen LogP contribution in [0.5, 0.6) is 0 Å². The smallest absolute Gasteiger partial charge is 0.327 e. The zero-order valence-electron chi connectivity index (χ0n) is 15.8. The number of halogens is 1. The molecule has 0 radical (unpaired) electrons. The molecule has 1 atom stereocenters. The predicted molar refractivity (Wildman–Crippen MR) is 111 cm³/mol. The average molecular weight is 399 g/mol. The third-order valence-electron chi connectivity index (χ3n) is 5.20. The second-order valence-electron chi connectivity index (χ2n) is 6.90. The second-order valence-corrected chi connectivity index (χ2v) is 7.31. The highest BCUT2D eigenvalue weighted by atomic mass is 35.5. The molecule has 0 aliphatic carbocycles. The molecule has 0 saturated carbocycles. The molecule has 1 fully saturated rings. The first kappa shape index (κ1) is 18.8. The molecule has 1 N–H and O–H groups in total. The van der Waals surface area contributed by atoms with Crippen LogP contribution in [0.1, 0.15) is 18.0 Å². The van der Waals surface area contributed by atoms with Gasteiger partial charge in [0, 0.05) is 31.2 Å². The van der Waals surface area contributed by atoms with E-state index in [-0.39, 0.29) is 5.97 Å². The van der Waals surface area contributed by atoms with Crippen molar-refractivity contribution in [1.29, 1.82) is 0 Å². The van der Waals surface area contributed by atoms with Crippen molar-refractivity contribution in [3.05, 3.63) is 59.1 Å². The predicted octanol–water partition coefficient (Wildman–Crippen LogP) is 3.64. The quantitative estimate of drug-likeness (QED) is 0.680. The van der Waals surface area contributed by atoms with Gasteiger partial charge in [-0.2, -0.15) is 0 Å². The van der Waals surface area contributed by atoms with Gasteiger partial charge in [0.25, 0.3) is 0 Å². The van der Waals surface area contributed by atoms with E-state index in [1.165, 1.54) is 7.11 Å². The number of hydrogen-bond acceptors (Lipinski definition) is 5. The molecule has 1 aliphatic rings. The number of nitrogens with zero attached hydrogens (tertiary/aromatic N) is 3. The molecule has 146 valence electrons. The first-order valence-corrected chi connectivity index (χ1v) is 9.81. The van der Waals surface area contributed by atoms with Gasteiger partial charge >= 0.3 is 5.97 Å². The molecule has 1 aliphatic heterocycles. The highest BCUT2D eigenvalue weighted by Gasteiger charge is 2.31. The molecule has 3 aromatic rings. The van der Waals surface area contributed by atoms with Crippen LogP contribution in [0.25, 0.3) is 11.0 Å². The lowest BCUT2D eigenvalue weighted by atomic mass is 10.0. The lowest BCUT2D eigenvalue weighted by molar-refractivity contribution is -0.147. The highest BCUT2D eigenvalue weighted by molar-refractivity contribution is 6.31. The molecule has 4 rings (SSSR count). The molecule has 1 unspecified atom stereocenters. The molecular formula is C21H23ClN4O2. The van der Waals surface area contributed by atoms with Crippen molar-refractivity contribution in [2.75, 3.05) is 38.2 Å². The highest BCUT2D eigenvalue weighted by Crippen LogP contribution is 2.30. The number of rotatable bonds is 4. The summed E-state index contributed by atoms with van der Waals surface area (Å²) in [5.74, 6) is 0.584. The number of imidazole rings is 1. The van der Waals surface area contributed by atoms with Gasteiger partial charge < -0.3 is 14.6 Å². The number of aromatic amines is 1. The summed E-state index contributed by atoms with van der Waals surface area (Å²) in [6.45, 7) is 3.12. The van der Waals surface area contributed by atoms with Gasteiger partial charge in [-0.05, 0) is 30.2 Å². The van der Waals surface area contributed by atoms with E-state index < -0.39 is 6.04 Å². The number of anilines is 1. The van der Waals surface area contributed by atoms with Gasteiger partial charge in [0.05, 0.1) is 18.1 Å². The minimum atomic E-state index is -0.505. The van der Waals surface area contributed by atoms with Crippen molar-refractivity contribution in [3.8, 4) is 0 Å². The molecule has 0 bridgehead atoms. The first-order chi connectivity index (χ1) is 13.7. The average Bonchev–Trinajstić information content (AvgIpc) is 3.00. The van der Waals surface area contributed by atoms with Crippen molar-refractivity contribution in [2.45, 2.75) is 12.5 Å². The van der Waals surface area contributed by atoms with Crippen LogP contribution in [0, 0.1) is 0 Å². The van der Waals surface area contributed by atoms with Crippen molar-refractivity contribution in [1.82, 2.24) is 14.9 Å². The Morgan fingerprint density at radius 1 is 1.11 bits per heavy atom. The molecular weight excluding hydrogens is 376 g/mol. The fourth-order valence-corrected chi connectivity index (χ4v) is 4.02. The van der Waals surface area contributed by atoms with Crippen molar-refractivity contribution < 1.29 is 9.53 Å². The van der Waals surface area contributed by atoms with Crippen LogP contribution in [-0.2, 0) is 9.53 Å². The third-order valence-corrected chi connectivity index (χ3v) is 5.54. The molecule has 0 spiro atoms. The number of aromatic nitrogens is 2. The van der Waals surface area contributed by atoms with E-state index in [9.17, 15) is 4.79 Å². The molecule has 2 heterocycles. The van der Waals surface area contributed by atoms with Crippen LogP contribution in [0.15, 0.2) is 48.5 Å². The summed E-state index contributed by atoms with van der Waals surface area (Å²) < 4.78 is 5.10. The minimum absolute atomic E-state index is 0.287. The Hall–Kier alpha value is -2.57. The van der Waals surface area contributed by atoms with Crippen LogP contribution >= 0.6 is 11.6 Å². The fourth-order valence-electron chi connectivity index (χ4n) is 3.78. The van der Waals surface area contributed by atoms with Crippen LogP contribution in [0.4, 0.5) is 5.95 Å². The van der Waals surface area contributed by atoms with Gasteiger partial charge in [-0.1, -0.05) is 41.9 Å².